The summed E-state index contributed by atoms with van der Waals surface area (Å²) in [6, 6.07) is 1.90. The average molecular weight is 165 g/mol. The van der Waals surface area contributed by atoms with E-state index in [1.807, 2.05) is 6.07 Å². The summed E-state index contributed by atoms with van der Waals surface area (Å²) in [5.74, 6) is 0.657. The third kappa shape index (κ3) is 2.27. The van der Waals surface area contributed by atoms with Gasteiger partial charge in [-0.2, -0.15) is 10.4 Å². The van der Waals surface area contributed by atoms with Crippen LogP contribution < -0.4 is 4.74 Å². The third-order valence-corrected chi connectivity index (χ3v) is 1.37. The molecule has 0 saturated carbocycles. The molecule has 0 fully saturated rings. The van der Waals surface area contributed by atoms with Gasteiger partial charge in [-0.05, 0) is 6.42 Å². The van der Waals surface area contributed by atoms with Gasteiger partial charge in [-0.15, -0.1) is 0 Å². The zero-order valence-electron chi connectivity index (χ0n) is 7.03. The van der Waals surface area contributed by atoms with Crippen molar-refractivity contribution in [2.24, 2.45) is 0 Å². The molecule has 0 amide bonds. The van der Waals surface area contributed by atoms with Crippen LogP contribution in [-0.2, 0) is 6.54 Å². The Hall–Kier alpha value is -1.50. The minimum Gasteiger partial charge on any atom is -0.475 e. The van der Waals surface area contributed by atoms with Gasteiger partial charge in [-0.3, -0.25) is 4.68 Å². The fourth-order valence-corrected chi connectivity index (χ4v) is 0.886. The highest BCUT2D eigenvalue weighted by Crippen LogP contribution is 2.07. The highest BCUT2D eigenvalue weighted by Gasteiger charge is 1.96. The fourth-order valence-electron chi connectivity index (χ4n) is 0.886. The molecule has 1 aromatic rings. The lowest BCUT2D eigenvalue weighted by molar-refractivity contribution is 0.367. The van der Waals surface area contributed by atoms with Gasteiger partial charge in [0.25, 0.3) is 0 Å². The van der Waals surface area contributed by atoms with Crippen molar-refractivity contribution in [1.29, 1.82) is 5.26 Å². The summed E-state index contributed by atoms with van der Waals surface area (Å²) in [4.78, 5) is 0. The summed E-state index contributed by atoms with van der Waals surface area (Å²) >= 11 is 0. The number of nitriles is 1. The number of ether oxygens (including phenoxy) is 1. The van der Waals surface area contributed by atoms with Gasteiger partial charge in [-0.1, -0.05) is 6.92 Å². The molecule has 0 unspecified atom stereocenters. The van der Waals surface area contributed by atoms with E-state index in [9.17, 15) is 0 Å². The number of hydrogen-bond donors (Lipinski definition) is 0. The first-order valence-corrected chi connectivity index (χ1v) is 3.89. The molecule has 1 rings (SSSR count). The molecule has 0 aromatic carbocycles. The molecule has 1 aromatic heterocycles. The minimum atomic E-state index is 0.0812. The van der Waals surface area contributed by atoms with E-state index in [0.717, 1.165) is 13.0 Å². The Labute approximate surface area is 71.4 Å². The van der Waals surface area contributed by atoms with E-state index in [0.29, 0.717) is 5.75 Å². The summed E-state index contributed by atoms with van der Waals surface area (Å²) in [6.45, 7) is 3.05. The van der Waals surface area contributed by atoms with E-state index in [1.54, 1.807) is 17.1 Å². The van der Waals surface area contributed by atoms with Crippen LogP contribution in [0.5, 0.6) is 5.75 Å². The normalized spacial score (nSPS) is 9.33. The highest BCUT2D eigenvalue weighted by atomic mass is 16.5. The molecular formula is C8H11N3O. The Morgan fingerprint density at radius 1 is 1.75 bits per heavy atom. The van der Waals surface area contributed by atoms with Crippen LogP contribution in [0.1, 0.15) is 13.3 Å². The molecule has 64 valence electrons. The quantitative estimate of drug-likeness (QED) is 0.673. The maximum Gasteiger partial charge on any atom is 0.174 e. The number of aromatic nitrogens is 2. The van der Waals surface area contributed by atoms with Crippen molar-refractivity contribution in [2.45, 2.75) is 19.9 Å². The van der Waals surface area contributed by atoms with Gasteiger partial charge in [-0.25, -0.2) is 0 Å². The minimum absolute atomic E-state index is 0.0812. The van der Waals surface area contributed by atoms with Crippen LogP contribution in [-0.4, -0.2) is 16.4 Å². The Balaban J connectivity index is 2.47. The van der Waals surface area contributed by atoms with Crippen LogP contribution in [0, 0.1) is 11.3 Å². The van der Waals surface area contributed by atoms with Crippen molar-refractivity contribution in [3.05, 3.63) is 12.4 Å². The van der Waals surface area contributed by atoms with Gasteiger partial charge in [0.1, 0.15) is 6.07 Å². The lowest BCUT2D eigenvalue weighted by Crippen LogP contribution is -1.96. The molecule has 0 atom stereocenters. The second-order valence-electron chi connectivity index (χ2n) is 2.39. The highest BCUT2D eigenvalue weighted by molar-refractivity contribution is 5.12. The van der Waals surface area contributed by atoms with Crippen LogP contribution >= 0.6 is 0 Å². The van der Waals surface area contributed by atoms with E-state index in [2.05, 4.69) is 12.0 Å². The molecule has 0 aliphatic carbocycles. The van der Waals surface area contributed by atoms with Gasteiger partial charge in [0.2, 0.25) is 0 Å². The molecule has 1 heterocycles. The van der Waals surface area contributed by atoms with Gasteiger partial charge in [0.05, 0.1) is 12.4 Å². The molecule has 0 radical (unpaired) electrons. The Kier molecular flexibility index (Phi) is 3.15. The molecule has 0 spiro atoms. The van der Waals surface area contributed by atoms with Crippen LogP contribution in [0.15, 0.2) is 12.4 Å². The Morgan fingerprint density at radius 2 is 2.58 bits per heavy atom. The maximum absolute atomic E-state index is 8.24. The Bertz CT molecular complexity index is 274. The van der Waals surface area contributed by atoms with Crippen molar-refractivity contribution in [1.82, 2.24) is 9.78 Å². The predicted octanol–water partition coefficient (Wildman–Crippen LogP) is 1.20. The number of nitrogens with zero attached hydrogens (tertiary/aromatic N) is 3. The third-order valence-electron chi connectivity index (χ3n) is 1.37. The van der Waals surface area contributed by atoms with Gasteiger partial charge < -0.3 is 4.74 Å². The molecule has 4 nitrogen and oxygen atoms in total. The monoisotopic (exact) mass is 165 g/mol. The van der Waals surface area contributed by atoms with Crippen LogP contribution in [0.2, 0.25) is 0 Å². The lowest BCUT2D eigenvalue weighted by atomic mass is 10.5. The molecular weight excluding hydrogens is 154 g/mol. The summed E-state index contributed by atoms with van der Waals surface area (Å²) in [7, 11) is 0. The average Bonchev–Trinajstić information content (AvgIpc) is 2.50. The fraction of sp³-hybridized carbons (Fsp3) is 0.500. The topological polar surface area (TPSA) is 50.8 Å². The first-order valence-electron chi connectivity index (χ1n) is 3.89. The van der Waals surface area contributed by atoms with E-state index >= 15 is 0 Å². The smallest absolute Gasteiger partial charge is 0.174 e. The van der Waals surface area contributed by atoms with Crippen molar-refractivity contribution in [3.8, 4) is 11.8 Å². The van der Waals surface area contributed by atoms with E-state index in [1.165, 1.54) is 0 Å². The summed E-state index contributed by atoms with van der Waals surface area (Å²) < 4.78 is 6.84. The van der Waals surface area contributed by atoms with Gasteiger partial charge in [0.15, 0.2) is 12.4 Å². The maximum atomic E-state index is 8.24. The molecule has 0 aliphatic heterocycles. The van der Waals surface area contributed by atoms with Gasteiger partial charge >= 0.3 is 0 Å². The zero-order chi connectivity index (χ0) is 8.81. The Morgan fingerprint density at radius 3 is 3.25 bits per heavy atom. The molecule has 0 saturated heterocycles. The largest absolute Gasteiger partial charge is 0.475 e. The van der Waals surface area contributed by atoms with Crippen LogP contribution in [0.3, 0.4) is 0 Å². The molecule has 0 N–H and O–H groups in total. The first-order chi connectivity index (χ1) is 5.86. The van der Waals surface area contributed by atoms with Crippen molar-refractivity contribution < 1.29 is 4.74 Å². The number of aryl methyl sites for hydroxylation is 1. The standard InChI is InChI=1S/C8H11N3O/c1-2-4-11-7-8(6-10-11)12-5-3-9/h6-7H,2,4-5H2,1H3. The zero-order valence-corrected chi connectivity index (χ0v) is 7.03. The first kappa shape index (κ1) is 8.60. The molecule has 0 aliphatic rings. The predicted molar refractivity (Wildman–Crippen MR) is 43.6 cm³/mol. The summed E-state index contributed by atoms with van der Waals surface area (Å²) in [5, 5.41) is 12.3. The second-order valence-corrected chi connectivity index (χ2v) is 2.39. The SMILES string of the molecule is CCCn1cc(OCC#N)cn1. The molecule has 4 heteroatoms. The second kappa shape index (κ2) is 4.39. The van der Waals surface area contributed by atoms with E-state index < -0.39 is 0 Å². The van der Waals surface area contributed by atoms with Crippen molar-refractivity contribution >= 4 is 0 Å². The molecule has 12 heavy (non-hydrogen) atoms. The van der Waals surface area contributed by atoms with Crippen molar-refractivity contribution in [3.63, 3.8) is 0 Å². The van der Waals surface area contributed by atoms with Crippen molar-refractivity contribution in [2.75, 3.05) is 6.61 Å². The number of rotatable bonds is 4. The van der Waals surface area contributed by atoms with Gasteiger partial charge in [0, 0.05) is 6.54 Å². The summed E-state index contributed by atoms with van der Waals surface area (Å²) in [6.07, 6.45) is 4.45. The molecule has 0 bridgehead atoms. The number of hydrogen-bond acceptors (Lipinski definition) is 3. The van der Waals surface area contributed by atoms with E-state index in [4.69, 9.17) is 10.00 Å². The van der Waals surface area contributed by atoms with Crippen LogP contribution in [0.4, 0.5) is 0 Å². The van der Waals surface area contributed by atoms with E-state index in [-0.39, 0.29) is 6.61 Å². The van der Waals surface area contributed by atoms with Crippen LogP contribution in [0.25, 0.3) is 0 Å². The lowest BCUT2D eigenvalue weighted by Gasteiger charge is -1.95. The summed E-state index contributed by atoms with van der Waals surface area (Å²) in [5.41, 5.74) is 0.